The van der Waals surface area contributed by atoms with Crippen molar-refractivity contribution < 1.29 is 14.6 Å². The van der Waals surface area contributed by atoms with E-state index in [2.05, 4.69) is 15.9 Å². The summed E-state index contributed by atoms with van der Waals surface area (Å²) in [6, 6.07) is 5.03. The number of aliphatic hydroxyl groups excluding tert-OH is 1. The van der Waals surface area contributed by atoms with Crippen LogP contribution >= 0.6 is 15.9 Å². The number of halogens is 1. The van der Waals surface area contributed by atoms with Gasteiger partial charge < -0.3 is 9.84 Å². The van der Waals surface area contributed by atoms with E-state index >= 15 is 0 Å². The summed E-state index contributed by atoms with van der Waals surface area (Å²) in [5, 5.41) is 18.1. The number of nitrogens with zero attached hydrogens (tertiary/aromatic N) is 1. The van der Waals surface area contributed by atoms with Gasteiger partial charge in [0.05, 0.1) is 24.3 Å². The van der Waals surface area contributed by atoms with Crippen LogP contribution in [0.2, 0.25) is 0 Å². The molecule has 84 valence electrons. The monoisotopic (exact) mass is 283 g/mol. The van der Waals surface area contributed by atoms with Crippen molar-refractivity contribution in [3.8, 4) is 6.07 Å². The molecule has 5 heteroatoms. The second-order valence-corrected chi connectivity index (χ2v) is 3.79. The van der Waals surface area contributed by atoms with Crippen LogP contribution in [-0.4, -0.2) is 17.7 Å². The first kappa shape index (κ1) is 12.7. The van der Waals surface area contributed by atoms with Crippen molar-refractivity contribution in [1.82, 2.24) is 0 Å². The van der Waals surface area contributed by atoms with E-state index in [9.17, 15) is 9.90 Å². The summed E-state index contributed by atoms with van der Waals surface area (Å²) in [7, 11) is 0. The van der Waals surface area contributed by atoms with Crippen LogP contribution in [0.1, 0.15) is 28.4 Å². The molecular formula is C11H10BrNO3. The smallest absolute Gasteiger partial charge is 0.339 e. The normalized spacial score (nSPS) is 9.62. The van der Waals surface area contributed by atoms with E-state index in [1.54, 1.807) is 13.0 Å². The van der Waals surface area contributed by atoms with E-state index in [4.69, 9.17) is 10.00 Å². The van der Waals surface area contributed by atoms with E-state index in [-0.39, 0.29) is 24.3 Å². The van der Waals surface area contributed by atoms with Crippen LogP contribution in [0.25, 0.3) is 0 Å². The van der Waals surface area contributed by atoms with Gasteiger partial charge in [-0.2, -0.15) is 5.26 Å². The van der Waals surface area contributed by atoms with Crippen LogP contribution in [-0.2, 0) is 11.3 Å². The zero-order valence-electron chi connectivity index (χ0n) is 8.66. The topological polar surface area (TPSA) is 70.3 Å². The highest BCUT2D eigenvalue weighted by Crippen LogP contribution is 2.24. The number of nitriles is 1. The molecule has 0 fully saturated rings. The Morgan fingerprint density at radius 2 is 2.31 bits per heavy atom. The molecule has 0 aromatic heterocycles. The van der Waals surface area contributed by atoms with Gasteiger partial charge in [0.15, 0.2) is 0 Å². The Morgan fingerprint density at radius 3 is 2.81 bits per heavy atom. The van der Waals surface area contributed by atoms with Crippen molar-refractivity contribution in [2.24, 2.45) is 0 Å². The SMILES string of the molecule is CCOC(=O)c1c(C#N)ccc(Br)c1CO. The van der Waals surface area contributed by atoms with Crippen molar-refractivity contribution in [2.75, 3.05) is 6.61 Å². The zero-order valence-corrected chi connectivity index (χ0v) is 10.2. The standard InChI is InChI=1S/C11H10BrNO3/c1-2-16-11(15)10-7(5-13)3-4-9(12)8(10)6-14/h3-4,14H,2,6H2,1H3. The number of esters is 1. The summed E-state index contributed by atoms with van der Waals surface area (Å²) in [5.74, 6) is -0.593. The van der Waals surface area contributed by atoms with Crippen LogP contribution in [0.3, 0.4) is 0 Å². The maximum atomic E-state index is 11.7. The average molecular weight is 284 g/mol. The largest absolute Gasteiger partial charge is 0.462 e. The third kappa shape index (κ3) is 2.40. The molecule has 0 aliphatic carbocycles. The minimum Gasteiger partial charge on any atom is -0.462 e. The van der Waals surface area contributed by atoms with E-state index < -0.39 is 5.97 Å². The van der Waals surface area contributed by atoms with Crippen molar-refractivity contribution in [1.29, 1.82) is 5.26 Å². The highest BCUT2D eigenvalue weighted by Gasteiger charge is 2.19. The number of carbonyl (C=O) groups is 1. The molecule has 4 nitrogen and oxygen atoms in total. The lowest BCUT2D eigenvalue weighted by Gasteiger charge is -2.10. The molecule has 0 atom stereocenters. The molecule has 0 bridgehead atoms. The lowest BCUT2D eigenvalue weighted by atomic mass is 10.0. The van der Waals surface area contributed by atoms with Gasteiger partial charge in [0, 0.05) is 10.0 Å². The maximum absolute atomic E-state index is 11.7. The van der Waals surface area contributed by atoms with Gasteiger partial charge in [-0.3, -0.25) is 0 Å². The fourth-order valence-corrected chi connectivity index (χ4v) is 1.76. The predicted molar refractivity (Wildman–Crippen MR) is 60.7 cm³/mol. The first-order valence-electron chi connectivity index (χ1n) is 4.65. The average Bonchev–Trinajstić information content (AvgIpc) is 2.28. The van der Waals surface area contributed by atoms with Gasteiger partial charge >= 0.3 is 5.97 Å². The molecule has 1 N–H and O–H groups in total. The van der Waals surface area contributed by atoms with Gasteiger partial charge in [-0.05, 0) is 19.1 Å². The van der Waals surface area contributed by atoms with Crippen molar-refractivity contribution >= 4 is 21.9 Å². The number of hydrogen-bond acceptors (Lipinski definition) is 4. The predicted octanol–water partition coefficient (Wildman–Crippen LogP) is 1.99. The molecule has 0 spiro atoms. The third-order valence-corrected chi connectivity index (χ3v) is 2.76. The fraction of sp³-hybridized carbons (Fsp3) is 0.273. The molecule has 0 saturated carbocycles. The van der Waals surface area contributed by atoms with E-state index in [1.165, 1.54) is 6.07 Å². The molecule has 0 heterocycles. The van der Waals surface area contributed by atoms with Crippen LogP contribution in [0.4, 0.5) is 0 Å². The van der Waals surface area contributed by atoms with Gasteiger partial charge in [-0.25, -0.2) is 4.79 Å². The molecule has 0 amide bonds. The third-order valence-electron chi connectivity index (χ3n) is 2.01. The number of benzene rings is 1. The maximum Gasteiger partial charge on any atom is 0.339 e. The lowest BCUT2D eigenvalue weighted by molar-refractivity contribution is 0.0522. The minimum atomic E-state index is -0.593. The van der Waals surface area contributed by atoms with Crippen molar-refractivity contribution in [3.05, 3.63) is 33.3 Å². The molecule has 1 aromatic carbocycles. The van der Waals surface area contributed by atoms with E-state index in [0.717, 1.165) is 0 Å². The Bertz CT molecular complexity index is 451. The quantitative estimate of drug-likeness (QED) is 0.862. The van der Waals surface area contributed by atoms with Crippen LogP contribution in [0.15, 0.2) is 16.6 Å². The Labute approximate surface area is 102 Å². The number of rotatable bonds is 3. The van der Waals surface area contributed by atoms with Crippen LogP contribution < -0.4 is 0 Å². The molecule has 0 aliphatic heterocycles. The second kappa shape index (κ2) is 5.64. The van der Waals surface area contributed by atoms with Gasteiger partial charge in [0.25, 0.3) is 0 Å². The summed E-state index contributed by atoms with van der Waals surface area (Å²) in [6.45, 7) is 1.58. The number of hydrogen-bond donors (Lipinski definition) is 1. The molecule has 1 aromatic rings. The van der Waals surface area contributed by atoms with Gasteiger partial charge in [-0.1, -0.05) is 15.9 Å². The number of aliphatic hydroxyl groups is 1. The summed E-state index contributed by atoms with van der Waals surface area (Å²) in [5.41, 5.74) is 0.699. The van der Waals surface area contributed by atoms with Gasteiger partial charge in [-0.15, -0.1) is 0 Å². The first-order chi connectivity index (χ1) is 7.65. The van der Waals surface area contributed by atoms with E-state index in [0.29, 0.717) is 10.0 Å². The minimum absolute atomic E-state index is 0.126. The Balaban J connectivity index is 3.37. The summed E-state index contributed by atoms with van der Waals surface area (Å²) in [4.78, 5) is 11.7. The molecule has 0 aliphatic rings. The molecule has 0 radical (unpaired) electrons. The Morgan fingerprint density at radius 1 is 1.62 bits per heavy atom. The fourth-order valence-electron chi connectivity index (χ4n) is 1.31. The highest BCUT2D eigenvalue weighted by molar-refractivity contribution is 9.10. The molecule has 1 rings (SSSR count). The van der Waals surface area contributed by atoms with Gasteiger partial charge in [0.2, 0.25) is 0 Å². The number of ether oxygens (including phenoxy) is 1. The second-order valence-electron chi connectivity index (χ2n) is 2.94. The number of carbonyl (C=O) groups excluding carboxylic acids is 1. The van der Waals surface area contributed by atoms with Gasteiger partial charge in [0.1, 0.15) is 6.07 Å². The van der Waals surface area contributed by atoms with E-state index in [1.807, 2.05) is 6.07 Å². The summed E-state index contributed by atoms with van der Waals surface area (Å²) in [6.07, 6.45) is 0. The molecule has 0 saturated heterocycles. The first-order valence-corrected chi connectivity index (χ1v) is 5.44. The molecule has 16 heavy (non-hydrogen) atoms. The summed E-state index contributed by atoms with van der Waals surface area (Å²) >= 11 is 3.21. The van der Waals surface area contributed by atoms with Crippen molar-refractivity contribution in [3.63, 3.8) is 0 Å². The summed E-state index contributed by atoms with van der Waals surface area (Å²) < 4.78 is 5.43. The molecular weight excluding hydrogens is 274 g/mol. The van der Waals surface area contributed by atoms with Crippen molar-refractivity contribution in [2.45, 2.75) is 13.5 Å². The van der Waals surface area contributed by atoms with Crippen LogP contribution in [0.5, 0.6) is 0 Å². The molecule has 0 unspecified atom stereocenters. The zero-order chi connectivity index (χ0) is 12.1. The van der Waals surface area contributed by atoms with Crippen LogP contribution in [0, 0.1) is 11.3 Å². The lowest BCUT2D eigenvalue weighted by Crippen LogP contribution is -2.11. The Kier molecular flexibility index (Phi) is 4.47. The highest BCUT2D eigenvalue weighted by atomic mass is 79.9. The Hall–Kier alpha value is -1.38.